The van der Waals surface area contributed by atoms with Crippen molar-refractivity contribution in [2.45, 2.75) is 20.0 Å². The molecule has 14 heavy (non-hydrogen) atoms. The zero-order valence-electron chi connectivity index (χ0n) is 8.09. The first kappa shape index (κ1) is 12.2. The molecule has 0 heterocycles. The van der Waals surface area contributed by atoms with Crippen molar-refractivity contribution < 1.29 is 5.11 Å². The topological polar surface area (TPSA) is 20.2 Å². The number of allylic oxidation sites excluding steroid dienone is 1. The van der Waals surface area contributed by atoms with Gasteiger partial charge in [-0.25, -0.2) is 0 Å². The predicted molar refractivity (Wildman–Crippen MR) is 71.2 cm³/mol. The lowest BCUT2D eigenvalue weighted by Gasteiger charge is -2.09. The Balaban J connectivity index is 3.05. The van der Waals surface area contributed by atoms with Crippen LogP contribution in [0.25, 0.3) is 0 Å². The van der Waals surface area contributed by atoms with E-state index >= 15 is 0 Å². The summed E-state index contributed by atoms with van der Waals surface area (Å²) in [4.78, 5) is 0. The Morgan fingerprint density at radius 1 is 1.50 bits per heavy atom. The van der Waals surface area contributed by atoms with Gasteiger partial charge in [-0.05, 0) is 60.2 Å². The fourth-order valence-corrected chi connectivity index (χ4v) is 2.14. The van der Waals surface area contributed by atoms with E-state index in [-0.39, 0.29) is 0 Å². The molecule has 1 nitrogen and oxygen atoms in total. The van der Waals surface area contributed by atoms with Crippen LogP contribution in [0.3, 0.4) is 0 Å². The summed E-state index contributed by atoms with van der Waals surface area (Å²) in [6, 6.07) is 5.94. The standard InChI is InChI=1S/C11H12BrIO/c1-7(2)5-11(14)9-6-8(13)3-4-10(9)12/h3-6,11,14H,1-2H3. The second-order valence-corrected chi connectivity index (χ2v) is 5.45. The molecule has 3 heteroatoms. The Hall–Kier alpha value is 0.130. The van der Waals surface area contributed by atoms with Crippen molar-refractivity contribution >= 4 is 38.5 Å². The SMILES string of the molecule is CC(C)=CC(O)c1cc(I)ccc1Br. The zero-order valence-corrected chi connectivity index (χ0v) is 11.8. The molecule has 0 spiro atoms. The van der Waals surface area contributed by atoms with E-state index in [1.165, 1.54) is 0 Å². The molecular formula is C11H12BrIO. The van der Waals surface area contributed by atoms with E-state index in [0.29, 0.717) is 0 Å². The number of hydrogen-bond acceptors (Lipinski definition) is 1. The van der Waals surface area contributed by atoms with Crippen LogP contribution in [0.4, 0.5) is 0 Å². The van der Waals surface area contributed by atoms with Crippen LogP contribution < -0.4 is 0 Å². The Kier molecular flexibility index (Phi) is 4.60. The number of halogens is 2. The van der Waals surface area contributed by atoms with Crippen LogP contribution in [-0.4, -0.2) is 5.11 Å². The van der Waals surface area contributed by atoms with E-state index in [0.717, 1.165) is 19.2 Å². The molecule has 76 valence electrons. The minimum Gasteiger partial charge on any atom is -0.384 e. The number of hydrogen-bond donors (Lipinski definition) is 1. The summed E-state index contributed by atoms with van der Waals surface area (Å²) in [5, 5.41) is 9.89. The lowest BCUT2D eigenvalue weighted by Crippen LogP contribution is -1.96. The molecule has 0 saturated carbocycles. The Labute approximate surface area is 106 Å². The summed E-state index contributed by atoms with van der Waals surface area (Å²) in [5.41, 5.74) is 2.03. The van der Waals surface area contributed by atoms with Crippen molar-refractivity contribution in [1.29, 1.82) is 0 Å². The smallest absolute Gasteiger partial charge is 0.0985 e. The highest BCUT2D eigenvalue weighted by Crippen LogP contribution is 2.26. The van der Waals surface area contributed by atoms with Gasteiger partial charge in [0, 0.05) is 8.04 Å². The highest BCUT2D eigenvalue weighted by molar-refractivity contribution is 14.1. The molecule has 0 aliphatic carbocycles. The lowest BCUT2D eigenvalue weighted by atomic mass is 10.1. The molecule has 0 saturated heterocycles. The largest absolute Gasteiger partial charge is 0.384 e. The highest BCUT2D eigenvalue weighted by Gasteiger charge is 2.08. The summed E-state index contributed by atoms with van der Waals surface area (Å²) < 4.78 is 2.07. The maximum atomic E-state index is 9.89. The second kappa shape index (κ2) is 5.28. The van der Waals surface area contributed by atoms with Gasteiger partial charge in [0.15, 0.2) is 0 Å². The van der Waals surface area contributed by atoms with Gasteiger partial charge in [0.2, 0.25) is 0 Å². The molecule has 1 atom stereocenters. The van der Waals surface area contributed by atoms with Gasteiger partial charge in [-0.2, -0.15) is 0 Å². The summed E-state index contributed by atoms with van der Waals surface area (Å²) in [6.07, 6.45) is 1.32. The van der Waals surface area contributed by atoms with Gasteiger partial charge >= 0.3 is 0 Å². The number of aliphatic hydroxyl groups excluding tert-OH is 1. The molecule has 1 aromatic rings. The third kappa shape index (κ3) is 3.37. The normalized spacial score (nSPS) is 12.4. The molecule has 0 aliphatic heterocycles. The molecule has 0 aromatic heterocycles. The van der Waals surface area contributed by atoms with Gasteiger partial charge in [0.25, 0.3) is 0 Å². The first-order valence-corrected chi connectivity index (χ1v) is 6.16. The molecule has 0 radical (unpaired) electrons. The fourth-order valence-electron chi connectivity index (χ4n) is 1.15. The van der Waals surface area contributed by atoms with Gasteiger partial charge in [0.05, 0.1) is 6.10 Å². The quantitative estimate of drug-likeness (QED) is 0.618. The summed E-state index contributed by atoms with van der Waals surface area (Å²) in [6.45, 7) is 3.95. The van der Waals surface area contributed by atoms with E-state index in [4.69, 9.17) is 0 Å². The van der Waals surface area contributed by atoms with Crippen molar-refractivity contribution in [3.63, 3.8) is 0 Å². The van der Waals surface area contributed by atoms with Gasteiger partial charge in [0.1, 0.15) is 0 Å². The Morgan fingerprint density at radius 3 is 2.71 bits per heavy atom. The number of rotatable bonds is 2. The van der Waals surface area contributed by atoms with Crippen LogP contribution in [0, 0.1) is 3.57 Å². The highest BCUT2D eigenvalue weighted by atomic mass is 127. The molecule has 1 unspecified atom stereocenters. The number of benzene rings is 1. The lowest BCUT2D eigenvalue weighted by molar-refractivity contribution is 0.227. The average molecular weight is 367 g/mol. The van der Waals surface area contributed by atoms with Gasteiger partial charge < -0.3 is 5.11 Å². The van der Waals surface area contributed by atoms with Crippen LogP contribution in [-0.2, 0) is 0 Å². The van der Waals surface area contributed by atoms with E-state index < -0.39 is 6.10 Å². The summed E-state index contributed by atoms with van der Waals surface area (Å²) in [7, 11) is 0. The van der Waals surface area contributed by atoms with Crippen LogP contribution in [0.2, 0.25) is 0 Å². The minimum atomic E-state index is -0.524. The molecule has 0 bridgehead atoms. The molecule has 1 aromatic carbocycles. The third-order valence-electron chi connectivity index (χ3n) is 1.77. The van der Waals surface area contributed by atoms with Crippen LogP contribution in [0.15, 0.2) is 34.3 Å². The van der Waals surface area contributed by atoms with Gasteiger partial charge in [-0.3, -0.25) is 0 Å². The van der Waals surface area contributed by atoms with E-state index in [2.05, 4.69) is 38.5 Å². The van der Waals surface area contributed by atoms with Crippen LogP contribution in [0.1, 0.15) is 25.5 Å². The van der Waals surface area contributed by atoms with Crippen molar-refractivity contribution in [1.82, 2.24) is 0 Å². The number of aliphatic hydroxyl groups is 1. The minimum absolute atomic E-state index is 0.524. The first-order valence-electron chi connectivity index (χ1n) is 4.28. The molecular weight excluding hydrogens is 355 g/mol. The van der Waals surface area contributed by atoms with Crippen molar-refractivity contribution in [3.05, 3.63) is 43.5 Å². The summed E-state index contributed by atoms with van der Waals surface area (Å²) >= 11 is 5.66. The monoisotopic (exact) mass is 366 g/mol. The fraction of sp³-hybridized carbons (Fsp3) is 0.273. The molecule has 0 amide bonds. The molecule has 1 rings (SSSR count). The maximum Gasteiger partial charge on any atom is 0.0985 e. The van der Waals surface area contributed by atoms with E-state index in [1.54, 1.807) is 0 Å². The Morgan fingerprint density at radius 2 is 2.14 bits per heavy atom. The third-order valence-corrected chi connectivity index (χ3v) is 3.16. The Bertz CT molecular complexity index is 356. The average Bonchev–Trinajstić information content (AvgIpc) is 2.08. The van der Waals surface area contributed by atoms with Gasteiger partial charge in [-0.1, -0.05) is 27.6 Å². The van der Waals surface area contributed by atoms with Gasteiger partial charge in [-0.15, -0.1) is 0 Å². The molecule has 1 N–H and O–H groups in total. The first-order chi connectivity index (χ1) is 6.50. The predicted octanol–water partition coefficient (Wildman–Crippen LogP) is 4.05. The molecule has 0 fully saturated rings. The van der Waals surface area contributed by atoms with Crippen molar-refractivity contribution in [2.75, 3.05) is 0 Å². The summed E-state index contributed by atoms with van der Waals surface area (Å²) in [5.74, 6) is 0. The van der Waals surface area contributed by atoms with Crippen LogP contribution in [0.5, 0.6) is 0 Å². The van der Waals surface area contributed by atoms with Crippen molar-refractivity contribution in [2.24, 2.45) is 0 Å². The van der Waals surface area contributed by atoms with E-state index in [9.17, 15) is 5.11 Å². The van der Waals surface area contributed by atoms with Crippen molar-refractivity contribution in [3.8, 4) is 0 Å². The van der Waals surface area contributed by atoms with Crippen LogP contribution >= 0.6 is 38.5 Å². The second-order valence-electron chi connectivity index (χ2n) is 3.35. The maximum absolute atomic E-state index is 9.89. The molecule has 0 aliphatic rings. The zero-order chi connectivity index (χ0) is 10.7. The van der Waals surface area contributed by atoms with E-state index in [1.807, 2.05) is 38.1 Å².